The molecule has 0 aromatic heterocycles. The maximum absolute atomic E-state index is 13.1. The molecule has 0 saturated heterocycles. The van der Waals surface area contributed by atoms with Gasteiger partial charge in [0.25, 0.3) is 5.91 Å². The van der Waals surface area contributed by atoms with Gasteiger partial charge in [-0.05, 0) is 60.9 Å². The Morgan fingerprint density at radius 2 is 1.83 bits per heavy atom. The fourth-order valence-electron chi connectivity index (χ4n) is 2.86. The molecular weight excluding hydrogens is 305 g/mol. The molecule has 1 fully saturated rings. The van der Waals surface area contributed by atoms with E-state index in [1.165, 1.54) is 12.1 Å². The highest BCUT2D eigenvalue weighted by atomic mass is 19.1. The number of hydrogen-bond acceptors (Lipinski definition) is 3. The van der Waals surface area contributed by atoms with Gasteiger partial charge in [0.05, 0.1) is 0 Å². The summed E-state index contributed by atoms with van der Waals surface area (Å²) < 4.78 is 13.1. The Bertz CT molecular complexity index is 739. The average Bonchev–Trinajstić information content (AvgIpc) is 3.37. The van der Waals surface area contributed by atoms with Crippen LogP contribution in [0.3, 0.4) is 0 Å². The predicted octanol–water partition coefficient (Wildman–Crippen LogP) is 3.28. The zero-order valence-electron chi connectivity index (χ0n) is 14.0. The van der Waals surface area contributed by atoms with Crippen LogP contribution in [-0.2, 0) is 6.54 Å². The third kappa shape index (κ3) is 3.50. The SMILES string of the molecule is CN(C)c1ccc(N)cc1CN(C(=O)c1ccc(F)cc1)C1CC1. The lowest BCUT2D eigenvalue weighted by Crippen LogP contribution is -2.33. The average molecular weight is 327 g/mol. The van der Waals surface area contributed by atoms with Crippen LogP contribution in [0.4, 0.5) is 15.8 Å². The van der Waals surface area contributed by atoms with Gasteiger partial charge in [-0.25, -0.2) is 4.39 Å². The predicted molar refractivity (Wildman–Crippen MR) is 94.5 cm³/mol. The Morgan fingerprint density at radius 1 is 1.17 bits per heavy atom. The molecule has 5 heteroatoms. The van der Waals surface area contributed by atoms with Gasteiger partial charge in [0.2, 0.25) is 0 Å². The minimum atomic E-state index is -0.338. The third-order valence-electron chi connectivity index (χ3n) is 4.27. The van der Waals surface area contributed by atoms with Crippen LogP contribution in [0.25, 0.3) is 0 Å². The van der Waals surface area contributed by atoms with Crippen LogP contribution in [0.5, 0.6) is 0 Å². The number of nitrogen functional groups attached to an aromatic ring is 1. The van der Waals surface area contributed by atoms with Crippen LogP contribution < -0.4 is 10.6 Å². The number of anilines is 2. The van der Waals surface area contributed by atoms with Crippen molar-refractivity contribution < 1.29 is 9.18 Å². The van der Waals surface area contributed by atoms with Crippen molar-refractivity contribution in [1.29, 1.82) is 0 Å². The molecule has 1 aliphatic carbocycles. The first-order valence-electron chi connectivity index (χ1n) is 8.08. The van der Waals surface area contributed by atoms with Crippen LogP contribution in [0.15, 0.2) is 42.5 Å². The first kappa shape index (κ1) is 16.3. The minimum absolute atomic E-state index is 0.0652. The summed E-state index contributed by atoms with van der Waals surface area (Å²) in [6, 6.07) is 11.7. The number of carbonyl (C=O) groups excluding carboxylic acids is 1. The molecule has 0 radical (unpaired) electrons. The Balaban J connectivity index is 1.89. The van der Waals surface area contributed by atoms with E-state index in [0.717, 1.165) is 24.1 Å². The highest BCUT2D eigenvalue weighted by molar-refractivity contribution is 5.94. The van der Waals surface area contributed by atoms with Gasteiger partial charge in [0.1, 0.15) is 5.82 Å². The summed E-state index contributed by atoms with van der Waals surface area (Å²) in [5, 5.41) is 0. The van der Waals surface area contributed by atoms with Crippen molar-refractivity contribution >= 4 is 17.3 Å². The molecular formula is C19H22FN3O. The number of rotatable bonds is 5. The van der Waals surface area contributed by atoms with Crippen LogP contribution in [0.2, 0.25) is 0 Å². The van der Waals surface area contributed by atoms with E-state index in [1.54, 1.807) is 12.1 Å². The van der Waals surface area contributed by atoms with Crippen LogP contribution in [0, 0.1) is 5.82 Å². The van der Waals surface area contributed by atoms with Gasteiger partial charge in [0, 0.05) is 43.6 Å². The summed E-state index contributed by atoms with van der Waals surface area (Å²) in [5.41, 5.74) is 9.19. The summed E-state index contributed by atoms with van der Waals surface area (Å²) in [5.74, 6) is -0.403. The molecule has 126 valence electrons. The van der Waals surface area contributed by atoms with Crippen LogP contribution in [-0.4, -0.2) is 30.9 Å². The van der Waals surface area contributed by atoms with Gasteiger partial charge >= 0.3 is 0 Å². The molecule has 2 aromatic rings. The number of benzene rings is 2. The first-order chi connectivity index (χ1) is 11.5. The maximum Gasteiger partial charge on any atom is 0.254 e. The molecule has 0 heterocycles. The summed E-state index contributed by atoms with van der Waals surface area (Å²) in [4.78, 5) is 16.8. The molecule has 2 aromatic carbocycles. The highest BCUT2D eigenvalue weighted by Crippen LogP contribution is 2.32. The quantitative estimate of drug-likeness (QED) is 0.858. The molecule has 0 atom stereocenters. The van der Waals surface area contributed by atoms with E-state index in [2.05, 4.69) is 0 Å². The molecule has 1 amide bonds. The van der Waals surface area contributed by atoms with Gasteiger partial charge in [0.15, 0.2) is 0 Å². The van der Waals surface area contributed by atoms with E-state index in [0.29, 0.717) is 17.8 Å². The van der Waals surface area contributed by atoms with Gasteiger partial charge in [-0.3, -0.25) is 4.79 Å². The van der Waals surface area contributed by atoms with Crippen molar-refractivity contribution in [2.24, 2.45) is 0 Å². The lowest BCUT2D eigenvalue weighted by molar-refractivity contribution is 0.0730. The van der Waals surface area contributed by atoms with Crippen molar-refractivity contribution in [3.63, 3.8) is 0 Å². The summed E-state index contributed by atoms with van der Waals surface area (Å²) >= 11 is 0. The largest absolute Gasteiger partial charge is 0.399 e. The summed E-state index contributed by atoms with van der Waals surface area (Å²) in [7, 11) is 3.94. The van der Waals surface area contributed by atoms with E-state index in [1.807, 2.05) is 42.1 Å². The second kappa shape index (κ2) is 6.51. The number of nitrogens with two attached hydrogens (primary N) is 1. The van der Waals surface area contributed by atoms with E-state index in [9.17, 15) is 9.18 Å². The molecule has 2 N–H and O–H groups in total. The minimum Gasteiger partial charge on any atom is -0.399 e. The number of amides is 1. The van der Waals surface area contributed by atoms with E-state index in [4.69, 9.17) is 5.73 Å². The number of halogens is 1. The molecule has 1 saturated carbocycles. The first-order valence-corrected chi connectivity index (χ1v) is 8.08. The Morgan fingerprint density at radius 3 is 2.42 bits per heavy atom. The monoisotopic (exact) mass is 327 g/mol. The molecule has 0 bridgehead atoms. The van der Waals surface area contributed by atoms with Crippen molar-refractivity contribution in [1.82, 2.24) is 4.90 Å². The van der Waals surface area contributed by atoms with E-state index < -0.39 is 0 Å². The van der Waals surface area contributed by atoms with Gasteiger partial charge in [-0.2, -0.15) is 0 Å². The van der Waals surface area contributed by atoms with Crippen molar-refractivity contribution in [3.8, 4) is 0 Å². The van der Waals surface area contributed by atoms with Crippen molar-refractivity contribution in [2.45, 2.75) is 25.4 Å². The second-order valence-electron chi connectivity index (χ2n) is 6.45. The lowest BCUT2D eigenvalue weighted by atomic mass is 10.1. The lowest BCUT2D eigenvalue weighted by Gasteiger charge is -2.26. The zero-order chi connectivity index (χ0) is 17.3. The Hall–Kier alpha value is -2.56. The van der Waals surface area contributed by atoms with Crippen molar-refractivity contribution in [3.05, 3.63) is 59.4 Å². The second-order valence-corrected chi connectivity index (χ2v) is 6.45. The highest BCUT2D eigenvalue weighted by Gasteiger charge is 2.33. The van der Waals surface area contributed by atoms with Gasteiger partial charge < -0.3 is 15.5 Å². The molecule has 0 unspecified atom stereocenters. The topological polar surface area (TPSA) is 49.6 Å². The van der Waals surface area contributed by atoms with Crippen molar-refractivity contribution in [2.75, 3.05) is 24.7 Å². The van der Waals surface area contributed by atoms with Gasteiger partial charge in [-0.1, -0.05) is 0 Å². The van der Waals surface area contributed by atoms with Crippen LogP contribution in [0.1, 0.15) is 28.8 Å². The Kier molecular flexibility index (Phi) is 4.42. The number of carbonyl (C=O) groups is 1. The third-order valence-corrected chi connectivity index (χ3v) is 4.27. The standard InChI is InChI=1S/C19H22FN3O/c1-22(2)18-10-7-16(21)11-14(18)12-23(17-8-9-17)19(24)13-3-5-15(20)6-4-13/h3-7,10-11,17H,8-9,12,21H2,1-2H3. The molecule has 0 spiro atoms. The smallest absolute Gasteiger partial charge is 0.254 e. The van der Waals surface area contributed by atoms with E-state index >= 15 is 0 Å². The van der Waals surface area contributed by atoms with Gasteiger partial charge in [-0.15, -0.1) is 0 Å². The molecule has 1 aliphatic rings. The normalized spacial score (nSPS) is 13.6. The summed E-state index contributed by atoms with van der Waals surface area (Å²) in [6.07, 6.45) is 2.01. The molecule has 0 aliphatic heterocycles. The Labute approximate surface area is 141 Å². The maximum atomic E-state index is 13.1. The molecule has 24 heavy (non-hydrogen) atoms. The zero-order valence-corrected chi connectivity index (χ0v) is 14.0. The van der Waals surface area contributed by atoms with E-state index in [-0.39, 0.29) is 17.8 Å². The number of hydrogen-bond donors (Lipinski definition) is 1. The fraction of sp³-hybridized carbons (Fsp3) is 0.316. The molecule has 3 rings (SSSR count). The van der Waals surface area contributed by atoms with Crippen LogP contribution >= 0.6 is 0 Å². The number of nitrogens with zero attached hydrogens (tertiary/aromatic N) is 2. The molecule has 4 nitrogen and oxygen atoms in total. The summed E-state index contributed by atoms with van der Waals surface area (Å²) in [6.45, 7) is 0.499. The fourth-order valence-corrected chi connectivity index (χ4v) is 2.86.